The van der Waals surface area contributed by atoms with Crippen LogP contribution in [0.5, 0.6) is 0 Å². The monoisotopic (exact) mass is 314 g/mol. The summed E-state index contributed by atoms with van der Waals surface area (Å²) < 4.78 is 37.5. The average molecular weight is 314 g/mol. The van der Waals surface area contributed by atoms with Crippen LogP contribution in [-0.4, -0.2) is 35.8 Å². The quantitative estimate of drug-likeness (QED) is 0.911. The highest BCUT2D eigenvalue weighted by Crippen LogP contribution is 2.29. The lowest BCUT2D eigenvalue weighted by molar-refractivity contribution is -0.137. The summed E-state index contributed by atoms with van der Waals surface area (Å²) in [5.74, 6) is -0.387. The molecule has 1 aromatic rings. The Morgan fingerprint density at radius 2 is 1.68 bits per heavy atom. The van der Waals surface area contributed by atoms with Gasteiger partial charge < -0.3 is 10.2 Å². The predicted molar refractivity (Wildman–Crippen MR) is 74.2 cm³/mol. The van der Waals surface area contributed by atoms with E-state index in [9.17, 15) is 22.8 Å². The van der Waals surface area contributed by atoms with Crippen molar-refractivity contribution in [2.75, 3.05) is 13.1 Å². The van der Waals surface area contributed by atoms with Gasteiger partial charge in [0.15, 0.2) is 0 Å². The second kappa shape index (κ2) is 6.37. The van der Waals surface area contributed by atoms with Gasteiger partial charge in [0, 0.05) is 31.6 Å². The minimum absolute atomic E-state index is 0.0501. The van der Waals surface area contributed by atoms with Crippen molar-refractivity contribution in [3.8, 4) is 0 Å². The molecule has 0 aliphatic carbocycles. The van der Waals surface area contributed by atoms with Crippen LogP contribution in [0.4, 0.5) is 13.2 Å². The maximum atomic E-state index is 12.5. The molecule has 2 rings (SSSR count). The molecule has 0 spiro atoms. The predicted octanol–water partition coefficient (Wildman–Crippen LogP) is 2.45. The van der Waals surface area contributed by atoms with Gasteiger partial charge in [0.25, 0.3) is 5.91 Å². The molecule has 1 saturated heterocycles. The molecule has 1 N–H and O–H groups in total. The van der Waals surface area contributed by atoms with Crippen molar-refractivity contribution in [3.63, 3.8) is 0 Å². The highest BCUT2D eigenvalue weighted by atomic mass is 19.4. The highest BCUT2D eigenvalue weighted by molar-refractivity contribution is 5.94. The fraction of sp³-hybridized carbons (Fsp3) is 0.467. The van der Waals surface area contributed by atoms with E-state index in [0.717, 1.165) is 12.1 Å². The summed E-state index contributed by atoms with van der Waals surface area (Å²) in [6.45, 7) is 2.40. The van der Waals surface area contributed by atoms with Crippen molar-refractivity contribution in [2.24, 2.45) is 0 Å². The molecule has 120 valence electrons. The van der Waals surface area contributed by atoms with E-state index in [1.54, 1.807) is 4.90 Å². The molecule has 0 aromatic heterocycles. The van der Waals surface area contributed by atoms with Gasteiger partial charge in [-0.3, -0.25) is 9.59 Å². The Balaban J connectivity index is 1.97. The third-order valence-corrected chi connectivity index (χ3v) is 3.65. The van der Waals surface area contributed by atoms with Crippen molar-refractivity contribution in [3.05, 3.63) is 35.4 Å². The van der Waals surface area contributed by atoms with Crippen LogP contribution in [0, 0.1) is 0 Å². The number of nitrogens with zero attached hydrogens (tertiary/aromatic N) is 1. The van der Waals surface area contributed by atoms with Gasteiger partial charge in [-0.25, -0.2) is 0 Å². The Bertz CT molecular complexity index is 547. The number of alkyl halides is 3. The molecule has 0 atom stereocenters. The van der Waals surface area contributed by atoms with Crippen LogP contribution in [0.25, 0.3) is 0 Å². The van der Waals surface area contributed by atoms with E-state index in [1.807, 2.05) is 0 Å². The minimum atomic E-state index is -4.40. The SMILES string of the molecule is CC(=O)NC1CCN(C(=O)c2ccc(C(F)(F)F)cc2)CC1. The first-order valence-electron chi connectivity index (χ1n) is 7.01. The largest absolute Gasteiger partial charge is 0.416 e. The van der Waals surface area contributed by atoms with E-state index in [1.165, 1.54) is 19.1 Å². The smallest absolute Gasteiger partial charge is 0.353 e. The molecule has 22 heavy (non-hydrogen) atoms. The molecule has 1 fully saturated rings. The molecule has 0 bridgehead atoms. The number of halogens is 3. The summed E-state index contributed by atoms with van der Waals surface area (Å²) in [5.41, 5.74) is -0.528. The van der Waals surface area contributed by atoms with E-state index >= 15 is 0 Å². The van der Waals surface area contributed by atoms with E-state index in [-0.39, 0.29) is 23.4 Å². The number of carbonyl (C=O) groups excluding carboxylic acids is 2. The third kappa shape index (κ3) is 3.99. The van der Waals surface area contributed by atoms with E-state index in [4.69, 9.17) is 0 Å². The maximum Gasteiger partial charge on any atom is 0.416 e. The number of amides is 2. The number of hydrogen-bond donors (Lipinski definition) is 1. The molecule has 7 heteroatoms. The van der Waals surface area contributed by atoms with Gasteiger partial charge in [0.2, 0.25) is 5.91 Å². The summed E-state index contributed by atoms with van der Waals surface area (Å²) in [7, 11) is 0. The van der Waals surface area contributed by atoms with Crippen molar-refractivity contribution < 1.29 is 22.8 Å². The van der Waals surface area contributed by atoms with Gasteiger partial charge in [-0.1, -0.05) is 0 Å². The molecule has 0 radical (unpaired) electrons. The summed E-state index contributed by atoms with van der Waals surface area (Å²) in [6, 6.07) is 4.28. The molecule has 1 aliphatic rings. The second-order valence-corrected chi connectivity index (χ2v) is 5.34. The molecule has 4 nitrogen and oxygen atoms in total. The topological polar surface area (TPSA) is 49.4 Å². The van der Waals surface area contributed by atoms with Crippen LogP contribution in [0.3, 0.4) is 0 Å². The Hall–Kier alpha value is -2.05. The van der Waals surface area contributed by atoms with Crippen LogP contribution in [0.15, 0.2) is 24.3 Å². The van der Waals surface area contributed by atoms with Gasteiger partial charge in [0.1, 0.15) is 0 Å². The first-order valence-corrected chi connectivity index (χ1v) is 7.01. The number of hydrogen-bond acceptors (Lipinski definition) is 2. The van der Waals surface area contributed by atoms with E-state index in [2.05, 4.69) is 5.32 Å². The first kappa shape index (κ1) is 16.3. The van der Waals surface area contributed by atoms with Gasteiger partial charge in [0.05, 0.1) is 5.56 Å². The molecule has 2 amide bonds. The summed E-state index contributed by atoms with van der Waals surface area (Å²) >= 11 is 0. The summed E-state index contributed by atoms with van der Waals surface area (Å²) in [5, 5.41) is 2.80. The Morgan fingerprint density at radius 3 is 2.14 bits per heavy atom. The standard InChI is InChI=1S/C15H17F3N2O2/c1-10(21)19-13-6-8-20(9-7-13)14(22)11-2-4-12(5-3-11)15(16,17)18/h2-5,13H,6-9H2,1H3,(H,19,21). The molecule has 0 unspecified atom stereocenters. The molecule has 1 heterocycles. The first-order chi connectivity index (χ1) is 10.3. The molecule has 1 aliphatic heterocycles. The maximum absolute atomic E-state index is 12.5. The fourth-order valence-electron chi connectivity index (χ4n) is 2.50. The lowest BCUT2D eigenvalue weighted by Gasteiger charge is -2.32. The van der Waals surface area contributed by atoms with Gasteiger partial charge >= 0.3 is 6.18 Å². The lowest BCUT2D eigenvalue weighted by atomic mass is 10.0. The van der Waals surface area contributed by atoms with Crippen LogP contribution in [0.1, 0.15) is 35.7 Å². The normalized spacial score (nSPS) is 16.5. The Morgan fingerprint density at radius 1 is 1.14 bits per heavy atom. The van der Waals surface area contributed by atoms with Crippen molar-refractivity contribution in [1.82, 2.24) is 10.2 Å². The lowest BCUT2D eigenvalue weighted by Crippen LogP contribution is -2.46. The summed E-state index contributed by atoms with van der Waals surface area (Å²) in [4.78, 5) is 24.8. The van der Waals surface area contributed by atoms with Crippen LogP contribution >= 0.6 is 0 Å². The average Bonchev–Trinajstić information content (AvgIpc) is 2.46. The molecular weight excluding hydrogens is 297 g/mol. The van der Waals surface area contributed by atoms with Crippen molar-refractivity contribution >= 4 is 11.8 Å². The van der Waals surface area contributed by atoms with Crippen LogP contribution < -0.4 is 5.32 Å². The molecular formula is C15H17F3N2O2. The van der Waals surface area contributed by atoms with Crippen molar-refractivity contribution in [2.45, 2.75) is 32.0 Å². The van der Waals surface area contributed by atoms with Gasteiger partial charge in [-0.2, -0.15) is 13.2 Å². The third-order valence-electron chi connectivity index (χ3n) is 3.65. The zero-order chi connectivity index (χ0) is 16.3. The minimum Gasteiger partial charge on any atom is -0.353 e. The van der Waals surface area contributed by atoms with Gasteiger partial charge in [-0.15, -0.1) is 0 Å². The van der Waals surface area contributed by atoms with Crippen LogP contribution in [0.2, 0.25) is 0 Å². The Kier molecular flexibility index (Phi) is 4.73. The van der Waals surface area contributed by atoms with Crippen molar-refractivity contribution in [1.29, 1.82) is 0 Å². The molecule has 1 aromatic carbocycles. The number of rotatable bonds is 2. The van der Waals surface area contributed by atoms with E-state index < -0.39 is 11.7 Å². The fourth-order valence-corrected chi connectivity index (χ4v) is 2.50. The highest BCUT2D eigenvalue weighted by Gasteiger charge is 2.30. The second-order valence-electron chi connectivity index (χ2n) is 5.34. The van der Waals surface area contributed by atoms with Gasteiger partial charge in [-0.05, 0) is 37.1 Å². The van der Waals surface area contributed by atoms with Crippen LogP contribution in [-0.2, 0) is 11.0 Å². The molecule has 0 saturated carbocycles. The zero-order valence-electron chi connectivity index (χ0n) is 12.1. The summed E-state index contributed by atoms with van der Waals surface area (Å²) in [6.07, 6.45) is -3.11. The number of carbonyl (C=O) groups is 2. The Labute approximate surface area is 126 Å². The number of benzene rings is 1. The zero-order valence-corrected chi connectivity index (χ0v) is 12.1. The number of piperidine rings is 1. The van der Waals surface area contributed by atoms with E-state index in [0.29, 0.717) is 25.9 Å². The number of nitrogens with one attached hydrogen (secondary N) is 1. The number of likely N-dealkylation sites (tertiary alicyclic amines) is 1.